The van der Waals surface area contributed by atoms with E-state index in [0.717, 1.165) is 44.2 Å². The Kier molecular flexibility index (Phi) is 5.15. The molecule has 0 spiro atoms. The van der Waals surface area contributed by atoms with Gasteiger partial charge in [0.25, 0.3) is 0 Å². The van der Waals surface area contributed by atoms with Crippen molar-refractivity contribution in [3.05, 3.63) is 36.4 Å². The molecule has 1 N–H and O–H groups in total. The smallest absolute Gasteiger partial charge is 0.236 e. The third kappa shape index (κ3) is 4.03. The highest BCUT2D eigenvalue weighted by atomic mass is 16.7. The number of ether oxygens (including phenoxy) is 2. The molecule has 124 valence electrons. The van der Waals surface area contributed by atoms with Crippen LogP contribution < -0.4 is 14.8 Å². The number of nitrogens with one attached hydrogen (secondary N) is 1. The van der Waals surface area contributed by atoms with Crippen LogP contribution in [0.1, 0.15) is 5.56 Å². The van der Waals surface area contributed by atoms with E-state index in [9.17, 15) is 4.79 Å². The van der Waals surface area contributed by atoms with Gasteiger partial charge in [0.15, 0.2) is 11.5 Å². The van der Waals surface area contributed by atoms with Gasteiger partial charge in [0.05, 0.1) is 6.54 Å². The summed E-state index contributed by atoms with van der Waals surface area (Å²) in [6, 6.07) is 6.08. The lowest BCUT2D eigenvalue weighted by Gasteiger charge is -2.34. The minimum absolute atomic E-state index is 0.162. The second-order valence-corrected chi connectivity index (χ2v) is 5.76. The molecule has 6 heteroatoms. The summed E-state index contributed by atoms with van der Waals surface area (Å²) in [4.78, 5) is 16.3. The van der Waals surface area contributed by atoms with Crippen molar-refractivity contribution in [2.24, 2.45) is 0 Å². The predicted octanol–water partition coefficient (Wildman–Crippen LogP) is 0.835. The Bertz CT molecular complexity index is 568. The zero-order valence-electron chi connectivity index (χ0n) is 13.3. The number of nitrogens with zero attached hydrogens (tertiary/aromatic N) is 2. The van der Waals surface area contributed by atoms with E-state index in [4.69, 9.17) is 9.47 Å². The Hall–Kier alpha value is -2.05. The van der Waals surface area contributed by atoms with Crippen molar-refractivity contribution < 1.29 is 14.3 Å². The lowest BCUT2D eigenvalue weighted by molar-refractivity contribution is -0.132. The second kappa shape index (κ2) is 7.48. The Labute approximate surface area is 136 Å². The van der Waals surface area contributed by atoms with Gasteiger partial charge in [-0.1, -0.05) is 12.1 Å². The van der Waals surface area contributed by atoms with Crippen molar-refractivity contribution in [3.8, 4) is 11.5 Å². The van der Waals surface area contributed by atoms with Crippen molar-refractivity contribution in [1.82, 2.24) is 15.1 Å². The van der Waals surface area contributed by atoms with Crippen molar-refractivity contribution in [3.63, 3.8) is 0 Å². The molecule has 0 aliphatic carbocycles. The summed E-state index contributed by atoms with van der Waals surface area (Å²) in [5.74, 6) is 1.80. The first kappa shape index (κ1) is 15.8. The van der Waals surface area contributed by atoms with E-state index < -0.39 is 0 Å². The molecule has 3 rings (SSSR count). The second-order valence-electron chi connectivity index (χ2n) is 5.76. The lowest BCUT2D eigenvalue weighted by Crippen LogP contribution is -2.50. The maximum atomic E-state index is 12.0. The van der Waals surface area contributed by atoms with Crippen molar-refractivity contribution in [2.45, 2.75) is 6.54 Å². The lowest BCUT2D eigenvalue weighted by atomic mass is 10.1. The summed E-state index contributed by atoms with van der Waals surface area (Å²) < 4.78 is 10.7. The van der Waals surface area contributed by atoms with Gasteiger partial charge in [-0.2, -0.15) is 0 Å². The van der Waals surface area contributed by atoms with Gasteiger partial charge in [-0.05, 0) is 17.7 Å². The number of carbonyl (C=O) groups excluding carboxylic acids is 1. The Morgan fingerprint density at radius 3 is 2.78 bits per heavy atom. The first-order valence-corrected chi connectivity index (χ1v) is 7.96. The van der Waals surface area contributed by atoms with Gasteiger partial charge in [0.2, 0.25) is 12.7 Å². The molecule has 0 atom stereocenters. The highest BCUT2D eigenvalue weighted by Crippen LogP contribution is 2.32. The average molecular weight is 317 g/mol. The van der Waals surface area contributed by atoms with Crippen LogP contribution in [0, 0.1) is 0 Å². The maximum absolute atomic E-state index is 12.0. The minimum atomic E-state index is 0.162. The monoisotopic (exact) mass is 317 g/mol. The van der Waals surface area contributed by atoms with Gasteiger partial charge in [0, 0.05) is 39.3 Å². The highest BCUT2D eigenvalue weighted by molar-refractivity contribution is 5.78. The largest absolute Gasteiger partial charge is 0.454 e. The summed E-state index contributed by atoms with van der Waals surface area (Å²) in [7, 11) is 0. The molecule has 1 amide bonds. The molecule has 2 heterocycles. The molecule has 2 aliphatic rings. The Balaban J connectivity index is 1.46. The zero-order valence-corrected chi connectivity index (χ0v) is 13.3. The highest BCUT2D eigenvalue weighted by Gasteiger charge is 2.21. The molecule has 2 aliphatic heterocycles. The quantitative estimate of drug-likeness (QED) is 0.622. The minimum Gasteiger partial charge on any atom is -0.454 e. The number of fused-ring (bicyclic) bond motifs is 1. The summed E-state index contributed by atoms with van der Waals surface area (Å²) >= 11 is 0. The number of carbonyl (C=O) groups is 1. The molecule has 1 aromatic carbocycles. The van der Waals surface area contributed by atoms with E-state index in [1.165, 1.54) is 5.56 Å². The maximum Gasteiger partial charge on any atom is 0.236 e. The number of amides is 1. The fourth-order valence-corrected chi connectivity index (χ4v) is 2.85. The van der Waals surface area contributed by atoms with Gasteiger partial charge in [-0.25, -0.2) is 0 Å². The topological polar surface area (TPSA) is 54.0 Å². The molecular formula is C17H23N3O3. The molecule has 6 nitrogen and oxygen atoms in total. The number of piperazine rings is 1. The van der Waals surface area contributed by atoms with Crippen LogP contribution in [-0.4, -0.2) is 61.8 Å². The van der Waals surface area contributed by atoms with Crippen LogP contribution >= 0.6 is 0 Å². The standard InChI is InChI=1S/C17H23N3O3/c1-2-5-18-11-17(21)20-8-6-19(7-9-20)12-14-3-4-15-16(10-14)23-13-22-15/h2-4,10,18H,1,5-9,11-13H2. The number of benzene rings is 1. The summed E-state index contributed by atoms with van der Waals surface area (Å²) in [6.07, 6.45) is 1.76. The first-order chi connectivity index (χ1) is 11.3. The van der Waals surface area contributed by atoms with Crippen molar-refractivity contribution >= 4 is 5.91 Å². The van der Waals surface area contributed by atoms with Crippen LogP contribution in [0.3, 0.4) is 0 Å². The zero-order chi connectivity index (χ0) is 16.1. The van der Waals surface area contributed by atoms with Crippen LogP contribution in [-0.2, 0) is 11.3 Å². The molecular weight excluding hydrogens is 294 g/mol. The van der Waals surface area contributed by atoms with Crippen LogP contribution in [0.5, 0.6) is 11.5 Å². The average Bonchev–Trinajstić information content (AvgIpc) is 3.03. The van der Waals surface area contributed by atoms with E-state index in [1.807, 2.05) is 17.0 Å². The number of hydrogen-bond donors (Lipinski definition) is 1. The van der Waals surface area contributed by atoms with E-state index in [1.54, 1.807) is 6.08 Å². The predicted molar refractivity (Wildman–Crippen MR) is 87.5 cm³/mol. The van der Waals surface area contributed by atoms with Gasteiger partial charge < -0.3 is 19.7 Å². The van der Waals surface area contributed by atoms with Crippen LogP contribution in [0.4, 0.5) is 0 Å². The molecule has 1 saturated heterocycles. The SMILES string of the molecule is C=CCNCC(=O)N1CCN(Cc2ccc3c(c2)OCO3)CC1. The first-order valence-electron chi connectivity index (χ1n) is 7.96. The van der Waals surface area contributed by atoms with Crippen molar-refractivity contribution in [1.29, 1.82) is 0 Å². The van der Waals surface area contributed by atoms with Gasteiger partial charge in [0.1, 0.15) is 0 Å². The molecule has 0 radical (unpaired) electrons. The normalized spacial score (nSPS) is 17.3. The van der Waals surface area contributed by atoms with Crippen LogP contribution in [0.15, 0.2) is 30.9 Å². The molecule has 0 aromatic heterocycles. The van der Waals surface area contributed by atoms with Gasteiger partial charge in [-0.3, -0.25) is 9.69 Å². The molecule has 0 unspecified atom stereocenters. The van der Waals surface area contributed by atoms with Gasteiger partial charge >= 0.3 is 0 Å². The Morgan fingerprint density at radius 1 is 1.22 bits per heavy atom. The molecule has 1 aromatic rings. The van der Waals surface area contributed by atoms with E-state index in [0.29, 0.717) is 19.9 Å². The number of rotatable bonds is 6. The third-order valence-corrected chi connectivity index (χ3v) is 4.13. The summed E-state index contributed by atoms with van der Waals surface area (Å²) in [5.41, 5.74) is 1.21. The van der Waals surface area contributed by atoms with Crippen LogP contribution in [0.25, 0.3) is 0 Å². The third-order valence-electron chi connectivity index (χ3n) is 4.13. The molecule has 0 bridgehead atoms. The molecule has 23 heavy (non-hydrogen) atoms. The van der Waals surface area contributed by atoms with Crippen LogP contribution in [0.2, 0.25) is 0 Å². The fraction of sp³-hybridized carbons (Fsp3) is 0.471. The van der Waals surface area contributed by atoms with Gasteiger partial charge in [-0.15, -0.1) is 6.58 Å². The number of hydrogen-bond acceptors (Lipinski definition) is 5. The Morgan fingerprint density at radius 2 is 2.00 bits per heavy atom. The molecule has 0 saturated carbocycles. The van der Waals surface area contributed by atoms with E-state index >= 15 is 0 Å². The molecule has 1 fully saturated rings. The van der Waals surface area contributed by atoms with Crippen molar-refractivity contribution in [2.75, 3.05) is 46.1 Å². The summed E-state index contributed by atoms with van der Waals surface area (Å²) in [6.45, 7) is 9.18. The summed E-state index contributed by atoms with van der Waals surface area (Å²) in [5, 5.41) is 3.06. The fourth-order valence-electron chi connectivity index (χ4n) is 2.85. The van der Waals surface area contributed by atoms with E-state index in [2.05, 4.69) is 22.9 Å². The van der Waals surface area contributed by atoms with E-state index in [-0.39, 0.29) is 5.91 Å².